The number of carbonyl (C=O) groups is 1. The lowest BCUT2D eigenvalue weighted by Gasteiger charge is -2.38. The summed E-state index contributed by atoms with van der Waals surface area (Å²) in [6.45, 7) is 8.16. The predicted molar refractivity (Wildman–Crippen MR) is 115 cm³/mol. The Labute approximate surface area is 171 Å². The zero-order valence-electron chi connectivity index (χ0n) is 16.7. The largest absolute Gasteiger partial charge is 0.487 e. The van der Waals surface area contributed by atoms with E-state index in [1.165, 1.54) is 0 Å². The van der Waals surface area contributed by atoms with Crippen molar-refractivity contribution in [2.24, 2.45) is 0 Å². The lowest BCUT2D eigenvalue weighted by Crippen LogP contribution is -2.42. The van der Waals surface area contributed by atoms with Crippen LogP contribution in [0, 0.1) is 6.92 Å². The van der Waals surface area contributed by atoms with Crippen molar-refractivity contribution in [2.45, 2.75) is 45.8 Å². The molecule has 3 rings (SSSR count). The number of fused-ring (bicyclic) bond motifs is 1. The molecule has 1 aliphatic heterocycles. The molecule has 0 bridgehead atoms. The van der Waals surface area contributed by atoms with Crippen LogP contribution in [0.25, 0.3) is 0 Å². The van der Waals surface area contributed by atoms with Crippen molar-refractivity contribution in [3.63, 3.8) is 0 Å². The van der Waals surface area contributed by atoms with Crippen LogP contribution in [-0.2, 0) is 4.74 Å². The summed E-state index contributed by atoms with van der Waals surface area (Å²) in [6, 6.07) is 13.5. The highest BCUT2D eigenvalue weighted by molar-refractivity contribution is 7.80. The van der Waals surface area contributed by atoms with Gasteiger partial charge in [0.2, 0.25) is 0 Å². The van der Waals surface area contributed by atoms with Crippen LogP contribution in [0.3, 0.4) is 0 Å². The first-order chi connectivity index (χ1) is 13.3. The number of hydrogen-bond acceptors (Lipinski definition) is 4. The van der Waals surface area contributed by atoms with Crippen molar-refractivity contribution in [3.8, 4) is 5.75 Å². The average molecular weight is 399 g/mol. The van der Waals surface area contributed by atoms with Crippen LogP contribution in [0.5, 0.6) is 5.75 Å². The number of benzene rings is 2. The molecule has 6 heteroatoms. The van der Waals surface area contributed by atoms with E-state index in [9.17, 15) is 4.79 Å². The number of ether oxygens (including phenoxy) is 2. The van der Waals surface area contributed by atoms with Crippen molar-refractivity contribution in [3.05, 3.63) is 59.2 Å². The van der Waals surface area contributed by atoms with E-state index < -0.39 is 0 Å². The van der Waals surface area contributed by atoms with Gasteiger partial charge < -0.3 is 20.1 Å². The van der Waals surface area contributed by atoms with Gasteiger partial charge in [0, 0.05) is 17.7 Å². The van der Waals surface area contributed by atoms with Gasteiger partial charge in [-0.25, -0.2) is 4.79 Å². The summed E-state index contributed by atoms with van der Waals surface area (Å²) in [6.07, 6.45) is 0.785. The summed E-state index contributed by atoms with van der Waals surface area (Å²) in [4.78, 5) is 12.1. The van der Waals surface area contributed by atoms with Crippen LogP contribution in [0.15, 0.2) is 42.5 Å². The fourth-order valence-corrected chi connectivity index (χ4v) is 3.70. The van der Waals surface area contributed by atoms with E-state index >= 15 is 0 Å². The Morgan fingerprint density at radius 2 is 2.00 bits per heavy atom. The van der Waals surface area contributed by atoms with E-state index in [2.05, 4.69) is 30.5 Å². The van der Waals surface area contributed by atoms with Gasteiger partial charge in [-0.1, -0.05) is 24.3 Å². The molecule has 0 saturated heterocycles. The molecule has 0 aliphatic carbocycles. The number of esters is 1. The van der Waals surface area contributed by atoms with Crippen molar-refractivity contribution in [1.82, 2.24) is 5.32 Å². The molecule has 148 valence electrons. The van der Waals surface area contributed by atoms with Gasteiger partial charge in [0.1, 0.15) is 11.4 Å². The van der Waals surface area contributed by atoms with Gasteiger partial charge in [-0.2, -0.15) is 0 Å². The van der Waals surface area contributed by atoms with E-state index in [0.717, 1.165) is 29.0 Å². The maximum Gasteiger partial charge on any atom is 0.338 e. The van der Waals surface area contributed by atoms with Crippen LogP contribution in [0.4, 0.5) is 5.69 Å². The molecule has 0 amide bonds. The molecule has 0 fully saturated rings. The quantitative estimate of drug-likeness (QED) is 0.572. The highest BCUT2D eigenvalue weighted by Crippen LogP contribution is 2.39. The van der Waals surface area contributed by atoms with Gasteiger partial charge in [-0.05, 0) is 63.7 Å². The van der Waals surface area contributed by atoms with Crippen molar-refractivity contribution in [2.75, 3.05) is 11.9 Å². The second-order valence-corrected chi connectivity index (χ2v) is 7.86. The lowest BCUT2D eigenvalue weighted by atomic mass is 9.90. The number of anilines is 1. The smallest absolute Gasteiger partial charge is 0.338 e. The van der Waals surface area contributed by atoms with Gasteiger partial charge in [0.05, 0.1) is 18.2 Å². The molecule has 28 heavy (non-hydrogen) atoms. The van der Waals surface area contributed by atoms with E-state index in [0.29, 0.717) is 17.3 Å². The highest BCUT2D eigenvalue weighted by atomic mass is 32.1. The SMILES string of the molecule is CCOC(=O)c1cccc(NC(=S)N[C@H]2CC(C)(C)Oc3ccccc32)c1C. The van der Waals surface area contributed by atoms with Gasteiger partial charge in [-0.15, -0.1) is 0 Å². The summed E-state index contributed by atoms with van der Waals surface area (Å²) in [5.41, 5.74) is 2.91. The third kappa shape index (κ3) is 4.44. The van der Waals surface area contributed by atoms with Gasteiger partial charge in [0.15, 0.2) is 5.11 Å². The molecule has 2 N–H and O–H groups in total. The second kappa shape index (κ2) is 8.19. The normalized spacial score (nSPS) is 17.1. The minimum atomic E-state index is -0.331. The summed E-state index contributed by atoms with van der Waals surface area (Å²) in [5.74, 6) is 0.544. The monoisotopic (exact) mass is 398 g/mol. The van der Waals surface area contributed by atoms with Crippen molar-refractivity contribution in [1.29, 1.82) is 0 Å². The molecule has 1 atom stereocenters. The number of nitrogens with one attached hydrogen (secondary N) is 2. The molecule has 0 saturated carbocycles. The Morgan fingerprint density at radius 1 is 1.25 bits per heavy atom. The third-order valence-electron chi connectivity index (χ3n) is 4.76. The number of thiocarbonyl (C=S) groups is 1. The van der Waals surface area contributed by atoms with E-state index in [4.69, 9.17) is 21.7 Å². The van der Waals surface area contributed by atoms with Crippen molar-refractivity contribution >= 4 is 29.0 Å². The van der Waals surface area contributed by atoms with E-state index in [1.807, 2.05) is 37.3 Å². The average Bonchev–Trinajstić information content (AvgIpc) is 2.62. The molecule has 0 aromatic heterocycles. The zero-order chi connectivity index (χ0) is 20.3. The summed E-state index contributed by atoms with van der Waals surface area (Å²) in [5, 5.41) is 7.13. The summed E-state index contributed by atoms with van der Waals surface area (Å²) >= 11 is 5.56. The maximum atomic E-state index is 12.1. The second-order valence-electron chi connectivity index (χ2n) is 7.45. The maximum absolute atomic E-state index is 12.1. The summed E-state index contributed by atoms with van der Waals surface area (Å²) < 4.78 is 11.2. The van der Waals surface area contributed by atoms with Crippen LogP contribution in [0.2, 0.25) is 0 Å². The minimum absolute atomic E-state index is 0.0356. The Bertz CT molecular complexity index is 895. The molecule has 2 aromatic carbocycles. The Hall–Kier alpha value is -2.60. The van der Waals surface area contributed by atoms with E-state index in [1.54, 1.807) is 13.0 Å². The minimum Gasteiger partial charge on any atom is -0.487 e. The van der Waals surface area contributed by atoms with Crippen LogP contribution >= 0.6 is 12.2 Å². The molecule has 1 aliphatic rings. The van der Waals surface area contributed by atoms with Gasteiger partial charge in [0.25, 0.3) is 0 Å². The lowest BCUT2D eigenvalue weighted by molar-refractivity contribution is 0.0525. The predicted octanol–water partition coefficient (Wildman–Crippen LogP) is 4.76. The number of hydrogen-bond donors (Lipinski definition) is 2. The van der Waals surface area contributed by atoms with Crippen LogP contribution in [0.1, 0.15) is 54.7 Å². The Kier molecular flexibility index (Phi) is 5.89. The number of carbonyl (C=O) groups excluding carboxylic acids is 1. The fourth-order valence-electron chi connectivity index (χ4n) is 3.45. The Morgan fingerprint density at radius 3 is 2.75 bits per heavy atom. The molecule has 2 aromatic rings. The molecule has 0 spiro atoms. The molecule has 1 heterocycles. The molecule has 5 nitrogen and oxygen atoms in total. The van der Waals surface area contributed by atoms with Gasteiger partial charge >= 0.3 is 5.97 Å². The Balaban J connectivity index is 1.76. The third-order valence-corrected chi connectivity index (χ3v) is 4.98. The molecular formula is C22H26N2O3S. The fraction of sp³-hybridized carbons (Fsp3) is 0.364. The first-order valence-corrected chi connectivity index (χ1v) is 9.84. The zero-order valence-corrected chi connectivity index (χ0v) is 17.5. The topological polar surface area (TPSA) is 59.6 Å². The molecule has 0 radical (unpaired) electrons. The number of para-hydroxylation sites is 1. The number of rotatable bonds is 4. The summed E-state index contributed by atoms with van der Waals surface area (Å²) in [7, 11) is 0. The van der Waals surface area contributed by atoms with Crippen molar-refractivity contribution < 1.29 is 14.3 Å². The first kappa shape index (κ1) is 20.1. The van der Waals surface area contributed by atoms with Crippen LogP contribution < -0.4 is 15.4 Å². The van der Waals surface area contributed by atoms with Crippen LogP contribution in [-0.4, -0.2) is 23.3 Å². The first-order valence-electron chi connectivity index (χ1n) is 9.43. The van der Waals surface area contributed by atoms with E-state index in [-0.39, 0.29) is 17.6 Å². The highest BCUT2D eigenvalue weighted by Gasteiger charge is 2.33. The standard InChI is InChI=1S/C22H26N2O3S/c1-5-26-20(25)15-10-8-11-17(14(15)2)23-21(28)24-18-13-22(3,4)27-19-12-7-6-9-16(18)19/h6-12,18H,5,13H2,1-4H3,(H2,23,24,28)/t18-/m0/s1. The molecule has 0 unspecified atom stereocenters. The molecular weight excluding hydrogens is 372 g/mol. The van der Waals surface area contributed by atoms with Gasteiger partial charge in [-0.3, -0.25) is 0 Å².